The number of esters is 1. The van der Waals surface area contributed by atoms with Crippen LogP contribution in [0.5, 0.6) is 0 Å². The third-order valence-corrected chi connectivity index (χ3v) is 4.21. The fourth-order valence-corrected chi connectivity index (χ4v) is 3.21. The Morgan fingerprint density at radius 2 is 1.69 bits per heavy atom. The van der Waals surface area contributed by atoms with Crippen molar-refractivity contribution >= 4 is 28.7 Å². The molecule has 0 N–H and O–H groups in total. The van der Waals surface area contributed by atoms with E-state index in [0.717, 1.165) is 10.8 Å². The summed E-state index contributed by atoms with van der Waals surface area (Å²) in [6.45, 7) is 10.1. The van der Waals surface area contributed by atoms with Gasteiger partial charge in [-0.2, -0.15) is 0 Å². The highest BCUT2D eigenvalue weighted by Crippen LogP contribution is 2.26. The van der Waals surface area contributed by atoms with Crippen LogP contribution >= 0.6 is 0 Å². The molecule has 0 aromatic heterocycles. The Morgan fingerprint density at radius 3 is 2.31 bits per heavy atom. The zero-order valence-electron chi connectivity index (χ0n) is 16.2. The molecular weight excluding hydrogens is 326 g/mol. The van der Waals surface area contributed by atoms with Crippen molar-refractivity contribution in [2.24, 2.45) is 0 Å². The molecule has 1 amide bonds. The smallest absolute Gasteiger partial charge is 0.330 e. The summed E-state index contributed by atoms with van der Waals surface area (Å²) < 4.78 is 4.95. The summed E-state index contributed by atoms with van der Waals surface area (Å²) >= 11 is 0. The second kappa shape index (κ2) is 8.65. The van der Waals surface area contributed by atoms with E-state index in [9.17, 15) is 9.59 Å². The Morgan fingerprint density at radius 1 is 1.04 bits per heavy atom. The normalized spacial score (nSPS) is 11.5. The van der Waals surface area contributed by atoms with Gasteiger partial charge in [0.25, 0.3) is 5.91 Å². The molecule has 2 rings (SSSR count). The summed E-state index contributed by atoms with van der Waals surface area (Å²) in [5.41, 5.74) is 1.33. The fraction of sp³-hybridized carbons (Fsp3) is 0.364. The van der Waals surface area contributed by atoms with Gasteiger partial charge in [0, 0.05) is 18.2 Å². The summed E-state index contributed by atoms with van der Waals surface area (Å²) in [4.78, 5) is 27.0. The molecule has 0 atom stereocenters. The average molecular weight is 353 g/mol. The first-order valence-corrected chi connectivity index (χ1v) is 9.06. The maximum Gasteiger partial charge on any atom is 0.330 e. The number of hydrogen-bond donors (Lipinski definition) is 0. The van der Waals surface area contributed by atoms with Crippen LogP contribution in [0.2, 0.25) is 0 Å². The lowest BCUT2D eigenvalue weighted by molar-refractivity contribution is -0.137. The van der Waals surface area contributed by atoms with Crippen molar-refractivity contribution in [3.05, 3.63) is 53.6 Å². The SMILES string of the molecule is CCOC(=O)/C=C/c1ccc2ccccc2c1C(=O)N(C(C)C)C(C)C. The molecule has 4 nitrogen and oxygen atoms in total. The Balaban J connectivity index is 2.61. The van der Waals surface area contributed by atoms with Crippen molar-refractivity contribution in [1.29, 1.82) is 0 Å². The van der Waals surface area contributed by atoms with E-state index in [2.05, 4.69) is 0 Å². The van der Waals surface area contributed by atoms with Crippen LogP contribution in [0.15, 0.2) is 42.5 Å². The number of carbonyl (C=O) groups is 2. The number of hydrogen-bond acceptors (Lipinski definition) is 3. The molecule has 2 aromatic carbocycles. The van der Waals surface area contributed by atoms with E-state index in [0.29, 0.717) is 17.7 Å². The standard InChI is InChI=1S/C22H27NO3/c1-6-26-20(24)14-13-18-12-11-17-9-7-8-10-19(17)21(18)22(25)23(15(2)3)16(4)5/h7-16H,6H2,1-5H3/b14-13+. The second-order valence-electron chi connectivity index (χ2n) is 6.74. The van der Waals surface area contributed by atoms with E-state index in [4.69, 9.17) is 4.74 Å². The van der Waals surface area contributed by atoms with Crippen LogP contribution in [0.1, 0.15) is 50.5 Å². The highest BCUT2D eigenvalue weighted by molar-refractivity contribution is 6.10. The Hall–Kier alpha value is -2.62. The molecular formula is C22H27NO3. The Labute approximate surface area is 155 Å². The van der Waals surface area contributed by atoms with Crippen LogP contribution in [-0.2, 0) is 9.53 Å². The van der Waals surface area contributed by atoms with Gasteiger partial charge >= 0.3 is 5.97 Å². The van der Waals surface area contributed by atoms with Gasteiger partial charge < -0.3 is 9.64 Å². The van der Waals surface area contributed by atoms with Gasteiger partial charge in [-0.1, -0.05) is 36.4 Å². The number of benzene rings is 2. The highest BCUT2D eigenvalue weighted by Gasteiger charge is 2.25. The van der Waals surface area contributed by atoms with Crippen LogP contribution in [-0.4, -0.2) is 35.5 Å². The van der Waals surface area contributed by atoms with Crippen molar-refractivity contribution in [2.45, 2.75) is 46.7 Å². The maximum atomic E-state index is 13.4. The molecule has 0 heterocycles. The van der Waals surface area contributed by atoms with Gasteiger partial charge in [-0.25, -0.2) is 4.79 Å². The Kier molecular flexibility index (Phi) is 6.56. The summed E-state index contributed by atoms with van der Waals surface area (Å²) in [6.07, 6.45) is 3.04. The molecule has 2 aromatic rings. The lowest BCUT2D eigenvalue weighted by Crippen LogP contribution is -2.42. The fourth-order valence-electron chi connectivity index (χ4n) is 3.21. The molecule has 0 radical (unpaired) electrons. The first-order chi connectivity index (χ1) is 12.4. The van der Waals surface area contributed by atoms with Crippen LogP contribution in [0.25, 0.3) is 16.8 Å². The zero-order chi connectivity index (χ0) is 19.3. The maximum absolute atomic E-state index is 13.4. The number of nitrogens with zero attached hydrogens (tertiary/aromatic N) is 1. The van der Waals surface area contributed by atoms with Crippen LogP contribution in [0.3, 0.4) is 0 Å². The van der Waals surface area contributed by atoms with Crippen molar-refractivity contribution < 1.29 is 14.3 Å². The van der Waals surface area contributed by atoms with E-state index >= 15 is 0 Å². The molecule has 0 saturated heterocycles. The minimum atomic E-state index is -0.413. The Bertz CT molecular complexity index is 813. The monoisotopic (exact) mass is 353 g/mol. The summed E-state index contributed by atoms with van der Waals surface area (Å²) in [7, 11) is 0. The number of rotatable bonds is 6. The van der Waals surface area contributed by atoms with Crippen LogP contribution in [0, 0.1) is 0 Å². The second-order valence-corrected chi connectivity index (χ2v) is 6.74. The topological polar surface area (TPSA) is 46.6 Å². The van der Waals surface area contributed by atoms with E-state index in [1.54, 1.807) is 13.0 Å². The first kappa shape index (κ1) is 19.7. The van der Waals surface area contributed by atoms with Crippen molar-refractivity contribution in [3.63, 3.8) is 0 Å². The molecule has 0 unspecified atom stereocenters. The highest BCUT2D eigenvalue weighted by atomic mass is 16.5. The summed E-state index contributed by atoms with van der Waals surface area (Å²) in [5.74, 6) is -0.445. The van der Waals surface area contributed by atoms with E-state index in [1.165, 1.54) is 6.08 Å². The van der Waals surface area contributed by atoms with Gasteiger partial charge in [0.1, 0.15) is 0 Å². The van der Waals surface area contributed by atoms with Gasteiger partial charge in [-0.3, -0.25) is 4.79 Å². The van der Waals surface area contributed by atoms with Crippen molar-refractivity contribution in [1.82, 2.24) is 4.90 Å². The van der Waals surface area contributed by atoms with Gasteiger partial charge in [0.05, 0.1) is 12.2 Å². The zero-order valence-corrected chi connectivity index (χ0v) is 16.2. The number of fused-ring (bicyclic) bond motifs is 1. The number of amides is 1. The lowest BCUT2D eigenvalue weighted by atomic mass is 9.96. The molecule has 0 aliphatic heterocycles. The van der Waals surface area contributed by atoms with E-state index < -0.39 is 5.97 Å². The molecule has 0 aliphatic rings. The predicted octanol–water partition coefficient (Wildman–Crippen LogP) is 4.68. The third-order valence-electron chi connectivity index (χ3n) is 4.21. The molecule has 0 fully saturated rings. The third kappa shape index (κ3) is 4.31. The molecule has 138 valence electrons. The van der Waals surface area contributed by atoms with Gasteiger partial charge in [-0.05, 0) is 57.0 Å². The summed E-state index contributed by atoms with van der Waals surface area (Å²) in [5, 5.41) is 1.88. The van der Waals surface area contributed by atoms with E-state index in [1.807, 2.05) is 69.0 Å². The minimum Gasteiger partial charge on any atom is -0.463 e. The number of ether oxygens (including phenoxy) is 1. The lowest BCUT2D eigenvalue weighted by Gasteiger charge is -2.31. The molecule has 4 heteroatoms. The van der Waals surface area contributed by atoms with Gasteiger partial charge in [-0.15, -0.1) is 0 Å². The van der Waals surface area contributed by atoms with Crippen LogP contribution < -0.4 is 0 Å². The van der Waals surface area contributed by atoms with Crippen molar-refractivity contribution in [3.8, 4) is 0 Å². The molecule has 0 saturated carbocycles. The molecule has 0 aliphatic carbocycles. The van der Waals surface area contributed by atoms with Crippen molar-refractivity contribution in [2.75, 3.05) is 6.61 Å². The first-order valence-electron chi connectivity index (χ1n) is 9.06. The molecule has 0 bridgehead atoms. The predicted molar refractivity (Wildman–Crippen MR) is 106 cm³/mol. The molecule has 0 spiro atoms. The minimum absolute atomic E-state index is 0.0321. The van der Waals surface area contributed by atoms with E-state index in [-0.39, 0.29) is 18.0 Å². The number of carbonyl (C=O) groups excluding carboxylic acids is 2. The van der Waals surface area contributed by atoms with Gasteiger partial charge in [0.15, 0.2) is 0 Å². The average Bonchev–Trinajstić information content (AvgIpc) is 2.58. The van der Waals surface area contributed by atoms with Gasteiger partial charge in [0.2, 0.25) is 0 Å². The molecule has 26 heavy (non-hydrogen) atoms. The summed E-state index contributed by atoms with van der Waals surface area (Å²) in [6, 6.07) is 11.8. The van der Waals surface area contributed by atoms with Crippen LogP contribution in [0.4, 0.5) is 0 Å². The largest absolute Gasteiger partial charge is 0.463 e. The quantitative estimate of drug-likeness (QED) is 0.560.